The highest BCUT2D eigenvalue weighted by Crippen LogP contribution is 2.46. The number of halogens is 1. The quantitative estimate of drug-likeness (QED) is 0.451. The second kappa shape index (κ2) is 6.16. The summed E-state index contributed by atoms with van der Waals surface area (Å²) >= 11 is 2.92. The molecular formula is C14H9BrO9. The first kappa shape index (κ1) is 17.2. The Balaban J connectivity index is 2.65. The van der Waals surface area contributed by atoms with Crippen LogP contribution in [0.3, 0.4) is 0 Å². The van der Waals surface area contributed by atoms with Gasteiger partial charge < -0.3 is 35.4 Å². The molecular weight excluding hydrogens is 392 g/mol. The van der Waals surface area contributed by atoms with E-state index < -0.39 is 57.6 Å². The number of benzene rings is 2. The SMILES string of the molecule is O=C(O)c1cc(Br)c(O)cc1Oc1c(O)cc(O)c(C(=O)O)c1O. The number of aromatic hydroxyl groups is 4. The Labute approximate surface area is 141 Å². The second-order valence-corrected chi connectivity index (χ2v) is 5.33. The Kier molecular flexibility index (Phi) is 4.42. The normalized spacial score (nSPS) is 10.4. The molecule has 0 atom stereocenters. The number of rotatable bonds is 4. The van der Waals surface area contributed by atoms with Crippen molar-refractivity contribution in [1.29, 1.82) is 0 Å². The highest BCUT2D eigenvalue weighted by molar-refractivity contribution is 9.10. The van der Waals surface area contributed by atoms with Gasteiger partial charge in [-0.3, -0.25) is 0 Å². The number of carboxylic acids is 2. The van der Waals surface area contributed by atoms with Gasteiger partial charge in [-0.15, -0.1) is 0 Å². The van der Waals surface area contributed by atoms with Crippen LogP contribution >= 0.6 is 15.9 Å². The van der Waals surface area contributed by atoms with Gasteiger partial charge in [-0.05, 0) is 22.0 Å². The molecule has 0 aromatic heterocycles. The smallest absolute Gasteiger partial charge is 0.343 e. The highest BCUT2D eigenvalue weighted by Gasteiger charge is 2.26. The van der Waals surface area contributed by atoms with Crippen molar-refractivity contribution >= 4 is 27.9 Å². The molecule has 0 spiro atoms. The standard InChI is InChI=1S/C14H9BrO9/c15-5-1-4(13(20)21)9(3-6(5)16)24-12-8(18)2-7(17)10(11(12)19)14(22)23/h1-3,16-19H,(H,20,21)(H,22,23). The van der Waals surface area contributed by atoms with Crippen molar-refractivity contribution in [2.75, 3.05) is 0 Å². The first-order valence-corrected chi connectivity index (χ1v) is 6.87. The fraction of sp³-hybridized carbons (Fsp3) is 0. The summed E-state index contributed by atoms with van der Waals surface area (Å²) in [7, 11) is 0. The van der Waals surface area contributed by atoms with Crippen molar-refractivity contribution in [3.05, 3.63) is 33.8 Å². The third-order valence-electron chi connectivity index (χ3n) is 2.92. The number of carbonyl (C=O) groups is 2. The van der Waals surface area contributed by atoms with Crippen LogP contribution in [0, 0.1) is 0 Å². The monoisotopic (exact) mass is 400 g/mol. The number of phenolic OH excluding ortho intramolecular Hbond substituents is 2. The Bertz CT molecular complexity index is 860. The van der Waals surface area contributed by atoms with E-state index in [2.05, 4.69) is 15.9 Å². The van der Waals surface area contributed by atoms with E-state index in [1.807, 2.05) is 0 Å². The van der Waals surface area contributed by atoms with E-state index in [4.69, 9.17) is 14.9 Å². The van der Waals surface area contributed by atoms with Crippen LogP contribution in [-0.2, 0) is 0 Å². The fourth-order valence-corrected chi connectivity index (χ4v) is 2.18. The molecule has 0 aliphatic carbocycles. The average Bonchev–Trinajstić information content (AvgIpc) is 2.45. The number of phenols is 4. The van der Waals surface area contributed by atoms with Crippen LogP contribution in [0.4, 0.5) is 0 Å². The summed E-state index contributed by atoms with van der Waals surface area (Å²) < 4.78 is 5.13. The summed E-state index contributed by atoms with van der Waals surface area (Å²) in [6.45, 7) is 0. The van der Waals surface area contributed by atoms with Crippen molar-refractivity contribution in [2.45, 2.75) is 0 Å². The van der Waals surface area contributed by atoms with Gasteiger partial charge in [-0.2, -0.15) is 0 Å². The van der Waals surface area contributed by atoms with E-state index in [0.29, 0.717) is 6.07 Å². The van der Waals surface area contributed by atoms with Crippen LogP contribution in [0.2, 0.25) is 0 Å². The van der Waals surface area contributed by atoms with Gasteiger partial charge in [0.25, 0.3) is 0 Å². The zero-order chi connectivity index (χ0) is 18.2. The van der Waals surface area contributed by atoms with Gasteiger partial charge in [-0.1, -0.05) is 0 Å². The van der Waals surface area contributed by atoms with Crippen LogP contribution in [-0.4, -0.2) is 42.6 Å². The molecule has 0 amide bonds. The molecule has 0 saturated heterocycles. The van der Waals surface area contributed by atoms with Gasteiger partial charge in [-0.25, -0.2) is 9.59 Å². The summed E-state index contributed by atoms with van der Waals surface area (Å²) in [4.78, 5) is 22.3. The van der Waals surface area contributed by atoms with Gasteiger partial charge in [0, 0.05) is 12.1 Å². The van der Waals surface area contributed by atoms with Crippen molar-refractivity contribution in [1.82, 2.24) is 0 Å². The third kappa shape index (κ3) is 2.99. The molecule has 0 heterocycles. The van der Waals surface area contributed by atoms with Gasteiger partial charge >= 0.3 is 11.9 Å². The van der Waals surface area contributed by atoms with Crippen molar-refractivity contribution in [2.24, 2.45) is 0 Å². The minimum absolute atomic E-state index is 0.0534. The summed E-state index contributed by atoms with van der Waals surface area (Å²) in [5.41, 5.74) is -1.38. The molecule has 2 rings (SSSR count). The molecule has 2 aromatic carbocycles. The predicted molar refractivity (Wildman–Crippen MR) is 81.2 cm³/mol. The molecule has 0 aliphatic heterocycles. The third-order valence-corrected chi connectivity index (χ3v) is 3.55. The molecule has 10 heteroatoms. The first-order valence-electron chi connectivity index (χ1n) is 6.08. The lowest BCUT2D eigenvalue weighted by Crippen LogP contribution is -2.02. The van der Waals surface area contributed by atoms with Crippen LogP contribution < -0.4 is 4.74 Å². The zero-order valence-electron chi connectivity index (χ0n) is 11.5. The number of hydrogen-bond donors (Lipinski definition) is 6. The molecule has 126 valence electrons. The van der Waals surface area contributed by atoms with Gasteiger partial charge in [0.1, 0.15) is 28.4 Å². The zero-order valence-corrected chi connectivity index (χ0v) is 13.1. The lowest BCUT2D eigenvalue weighted by Gasteiger charge is -2.14. The lowest BCUT2D eigenvalue weighted by molar-refractivity contribution is 0.0678. The van der Waals surface area contributed by atoms with Crippen LogP contribution in [0.25, 0.3) is 0 Å². The highest BCUT2D eigenvalue weighted by atomic mass is 79.9. The molecule has 6 N–H and O–H groups in total. The van der Waals surface area contributed by atoms with Gasteiger partial charge in [0.15, 0.2) is 11.5 Å². The number of hydrogen-bond acceptors (Lipinski definition) is 7. The first-order chi connectivity index (χ1) is 11.1. The second-order valence-electron chi connectivity index (χ2n) is 4.48. The molecule has 9 nitrogen and oxygen atoms in total. The molecule has 0 fully saturated rings. The molecule has 0 saturated carbocycles. The Morgan fingerprint density at radius 1 is 0.875 bits per heavy atom. The van der Waals surface area contributed by atoms with Crippen molar-refractivity contribution in [3.63, 3.8) is 0 Å². The van der Waals surface area contributed by atoms with Crippen molar-refractivity contribution in [3.8, 4) is 34.5 Å². The average molecular weight is 401 g/mol. The molecule has 0 bridgehead atoms. The van der Waals surface area contributed by atoms with Crippen LogP contribution in [0.15, 0.2) is 22.7 Å². The number of carboxylic acid groups (broad SMARTS) is 2. The number of ether oxygens (including phenoxy) is 1. The van der Waals surface area contributed by atoms with E-state index in [9.17, 15) is 30.0 Å². The number of aromatic carboxylic acids is 2. The largest absolute Gasteiger partial charge is 0.507 e. The Hall–Kier alpha value is -3.14. The topological polar surface area (TPSA) is 165 Å². The summed E-state index contributed by atoms with van der Waals surface area (Å²) in [5, 5.41) is 56.8. The van der Waals surface area contributed by atoms with E-state index in [0.717, 1.165) is 12.1 Å². The minimum atomic E-state index is -1.70. The maximum absolute atomic E-state index is 11.2. The van der Waals surface area contributed by atoms with Crippen LogP contribution in [0.5, 0.6) is 34.5 Å². The van der Waals surface area contributed by atoms with E-state index in [-0.39, 0.29) is 4.47 Å². The Morgan fingerprint density at radius 2 is 1.50 bits per heavy atom. The maximum Gasteiger partial charge on any atom is 0.343 e. The molecule has 0 radical (unpaired) electrons. The van der Waals surface area contributed by atoms with E-state index in [1.54, 1.807) is 0 Å². The maximum atomic E-state index is 11.2. The van der Waals surface area contributed by atoms with Gasteiger partial charge in [0.05, 0.1) is 4.47 Å². The Morgan fingerprint density at radius 3 is 2.04 bits per heavy atom. The van der Waals surface area contributed by atoms with E-state index >= 15 is 0 Å². The summed E-state index contributed by atoms with van der Waals surface area (Å²) in [6, 6.07) is 2.51. The molecule has 2 aromatic rings. The van der Waals surface area contributed by atoms with Crippen molar-refractivity contribution < 1.29 is 45.0 Å². The minimum Gasteiger partial charge on any atom is -0.507 e. The molecule has 24 heavy (non-hydrogen) atoms. The predicted octanol–water partition coefficient (Wildman–Crippen LogP) is 2.46. The molecule has 0 aliphatic rings. The molecule has 0 unspecified atom stereocenters. The summed E-state index contributed by atoms with van der Waals surface area (Å²) in [6.07, 6.45) is 0. The van der Waals surface area contributed by atoms with Crippen LogP contribution in [0.1, 0.15) is 20.7 Å². The summed E-state index contributed by atoms with van der Waals surface area (Å²) in [5.74, 6) is -7.68. The van der Waals surface area contributed by atoms with E-state index in [1.165, 1.54) is 0 Å². The van der Waals surface area contributed by atoms with Gasteiger partial charge in [0.2, 0.25) is 5.75 Å². The fourth-order valence-electron chi connectivity index (χ4n) is 1.84. The lowest BCUT2D eigenvalue weighted by atomic mass is 10.1.